The summed E-state index contributed by atoms with van der Waals surface area (Å²) in [6.07, 6.45) is 0. The monoisotopic (exact) mass is 149 g/mol. The summed E-state index contributed by atoms with van der Waals surface area (Å²) in [5.41, 5.74) is 0. The van der Waals surface area contributed by atoms with Crippen molar-refractivity contribution in [1.29, 1.82) is 0 Å². The van der Waals surface area contributed by atoms with E-state index in [1.165, 1.54) is 0 Å². The maximum Gasteiger partial charge on any atom is 0.386 e. The van der Waals surface area contributed by atoms with E-state index in [-0.39, 0.29) is 0 Å². The van der Waals surface area contributed by atoms with E-state index in [0.29, 0.717) is 0 Å². The van der Waals surface area contributed by atoms with Gasteiger partial charge in [0.15, 0.2) is 0 Å². The highest BCUT2D eigenvalue weighted by Crippen LogP contribution is 2.20. The first-order valence-corrected chi connectivity index (χ1v) is 2.56. The van der Waals surface area contributed by atoms with Crippen LogP contribution in [0.2, 0.25) is 0 Å². The van der Waals surface area contributed by atoms with Gasteiger partial charge < -0.3 is 4.55 Å². The molecule has 0 rings (SSSR count). The summed E-state index contributed by atoms with van der Waals surface area (Å²) in [7, 11) is 0. The number of hydrogen-bond donors (Lipinski definition) is 0. The van der Waals surface area contributed by atoms with Crippen LogP contribution >= 0.6 is 11.6 Å². The van der Waals surface area contributed by atoms with Crippen LogP contribution in [0.1, 0.15) is 0 Å². The molecule has 0 bridgehead atoms. The van der Waals surface area contributed by atoms with E-state index in [2.05, 4.69) is 11.6 Å². The van der Waals surface area contributed by atoms with Gasteiger partial charge in [-0.25, -0.2) is 0 Å². The van der Waals surface area contributed by atoms with Crippen LogP contribution in [0.25, 0.3) is 0 Å². The molecule has 0 aliphatic rings. The Hall–Kier alpha value is 0.260. The molecule has 0 N–H and O–H groups in total. The highest BCUT2D eigenvalue weighted by molar-refractivity contribution is 7.81. The van der Waals surface area contributed by atoms with E-state index in [9.17, 15) is 8.78 Å². The van der Waals surface area contributed by atoms with Crippen molar-refractivity contribution in [2.45, 2.75) is 4.71 Å². The maximum absolute atomic E-state index is 11.0. The van der Waals surface area contributed by atoms with Crippen molar-refractivity contribution in [1.82, 2.24) is 0 Å². The van der Waals surface area contributed by atoms with Crippen LogP contribution in [0.4, 0.5) is 8.78 Å². The topological polar surface area (TPSA) is 40.1 Å². The molecule has 44 valence electrons. The van der Waals surface area contributed by atoms with E-state index in [1.54, 1.807) is 0 Å². The van der Waals surface area contributed by atoms with Crippen molar-refractivity contribution in [2.75, 3.05) is 0 Å². The Morgan fingerprint density at radius 2 is 1.86 bits per heavy atom. The van der Waals surface area contributed by atoms with E-state index in [1.807, 2.05) is 0 Å². The van der Waals surface area contributed by atoms with E-state index < -0.39 is 15.8 Å². The lowest BCUT2D eigenvalue weighted by atomic mass is 11.6. The van der Waals surface area contributed by atoms with Gasteiger partial charge in [0.2, 0.25) is 0 Å². The smallest absolute Gasteiger partial charge is 0.386 e. The molecule has 0 saturated heterocycles. The molecule has 1 unspecified atom stereocenters. The molecule has 1 atom stereocenters. The largest absolute Gasteiger partial charge is 0.767 e. The Bertz CT molecular complexity index is 88.2. The standard InChI is InChI=1S/CHClF2O2S/c2-1(3,4)7(5)6/h(H,5,6)/p-1. The zero-order valence-corrected chi connectivity index (χ0v) is 4.43. The SMILES string of the molecule is O=S([O-])C(F)(F)Cl. The van der Waals surface area contributed by atoms with Gasteiger partial charge in [-0.1, -0.05) is 0 Å². The Kier molecular flexibility index (Phi) is 2.09. The Balaban J connectivity index is 3.79. The van der Waals surface area contributed by atoms with E-state index in [4.69, 9.17) is 8.76 Å². The lowest BCUT2D eigenvalue weighted by Gasteiger charge is -2.08. The lowest BCUT2D eigenvalue weighted by Crippen LogP contribution is -2.12. The second-order valence-electron chi connectivity index (χ2n) is 0.680. The number of hydrogen-bond acceptors (Lipinski definition) is 2. The molecule has 0 spiro atoms. The van der Waals surface area contributed by atoms with Crippen LogP contribution in [0.5, 0.6) is 0 Å². The molecule has 6 heteroatoms. The van der Waals surface area contributed by atoms with Gasteiger partial charge in [0.1, 0.15) is 0 Å². The molecule has 0 aromatic carbocycles. The van der Waals surface area contributed by atoms with Crippen LogP contribution in [0.3, 0.4) is 0 Å². The molecular formula is CClF2O2S-. The summed E-state index contributed by atoms with van der Waals surface area (Å²) in [6.45, 7) is 0. The minimum Gasteiger partial charge on any atom is -0.767 e. The first-order valence-electron chi connectivity index (χ1n) is 1.10. The van der Waals surface area contributed by atoms with Gasteiger partial charge in [-0.15, -0.1) is 0 Å². The molecule has 0 aliphatic carbocycles. The maximum atomic E-state index is 11.0. The molecule has 0 saturated carbocycles. The van der Waals surface area contributed by atoms with Gasteiger partial charge in [0, 0.05) is 11.1 Å². The summed E-state index contributed by atoms with van der Waals surface area (Å²) < 4.78 is 36.2. The zero-order valence-electron chi connectivity index (χ0n) is 2.86. The molecule has 0 fully saturated rings. The minimum atomic E-state index is -4.11. The summed E-state index contributed by atoms with van der Waals surface area (Å²) in [5.74, 6) is 0. The van der Waals surface area contributed by atoms with Gasteiger partial charge in [-0.2, -0.15) is 8.78 Å². The summed E-state index contributed by atoms with van der Waals surface area (Å²) in [5, 5.41) is 0. The molecule has 2 nitrogen and oxygen atoms in total. The summed E-state index contributed by atoms with van der Waals surface area (Å²) >= 11 is 0.421. The number of rotatable bonds is 1. The van der Waals surface area contributed by atoms with Crippen molar-refractivity contribution < 1.29 is 17.5 Å². The Morgan fingerprint density at radius 3 is 1.86 bits per heavy atom. The van der Waals surface area contributed by atoms with Gasteiger partial charge in [-0.05, 0) is 11.6 Å². The fourth-order valence-electron chi connectivity index (χ4n) is 0. The van der Waals surface area contributed by atoms with Crippen molar-refractivity contribution in [2.24, 2.45) is 0 Å². The third kappa shape index (κ3) is 2.90. The average Bonchev–Trinajstić information content (AvgIpc) is 1.31. The molecule has 0 aromatic rings. The molecule has 0 aliphatic heterocycles. The summed E-state index contributed by atoms with van der Waals surface area (Å²) in [4.78, 5) is 0. The van der Waals surface area contributed by atoms with Crippen molar-refractivity contribution in [3.05, 3.63) is 0 Å². The Morgan fingerprint density at radius 1 is 1.71 bits per heavy atom. The zero-order chi connectivity index (χ0) is 6.08. The quantitative estimate of drug-likeness (QED) is 0.406. The summed E-state index contributed by atoms with van der Waals surface area (Å²) in [6, 6.07) is 0. The second-order valence-corrected chi connectivity index (χ2v) is 2.36. The first kappa shape index (κ1) is 7.26. The van der Waals surface area contributed by atoms with Crippen LogP contribution < -0.4 is 0 Å². The fraction of sp³-hybridized carbons (Fsp3) is 1.00. The highest BCUT2D eigenvalue weighted by Gasteiger charge is 2.25. The molecular weight excluding hydrogens is 150 g/mol. The molecule has 0 heterocycles. The second kappa shape index (κ2) is 2.02. The highest BCUT2D eigenvalue weighted by atomic mass is 35.5. The molecule has 0 aromatic heterocycles. The third-order valence-corrected chi connectivity index (χ3v) is 0.945. The van der Waals surface area contributed by atoms with Crippen molar-refractivity contribution >= 4 is 22.7 Å². The first-order chi connectivity index (χ1) is 2.94. The van der Waals surface area contributed by atoms with Gasteiger partial charge in [0.25, 0.3) is 0 Å². The van der Waals surface area contributed by atoms with Crippen LogP contribution in [0.15, 0.2) is 0 Å². The predicted molar refractivity (Wildman–Crippen MR) is 19.7 cm³/mol. The fourth-order valence-corrected chi connectivity index (χ4v) is 0. The minimum absolute atomic E-state index is 3.50. The van der Waals surface area contributed by atoms with Crippen LogP contribution in [-0.2, 0) is 11.1 Å². The van der Waals surface area contributed by atoms with Gasteiger partial charge in [-0.3, -0.25) is 4.21 Å². The van der Waals surface area contributed by atoms with Gasteiger partial charge in [0.05, 0.1) is 0 Å². The Labute approximate surface area is 45.8 Å². The van der Waals surface area contributed by atoms with E-state index >= 15 is 0 Å². The molecule has 7 heavy (non-hydrogen) atoms. The average molecular weight is 150 g/mol. The molecule has 0 radical (unpaired) electrons. The lowest BCUT2D eigenvalue weighted by molar-refractivity contribution is 0.182. The molecule has 0 amide bonds. The van der Waals surface area contributed by atoms with E-state index in [0.717, 1.165) is 0 Å². The number of alkyl halides is 3. The normalized spacial score (nSPS) is 16.6. The van der Waals surface area contributed by atoms with Crippen molar-refractivity contribution in [3.8, 4) is 0 Å². The van der Waals surface area contributed by atoms with Crippen LogP contribution in [-0.4, -0.2) is 13.5 Å². The van der Waals surface area contributed by atoms with Gasteiger partial charge >= 0.3 is 4.71 Å². The number of halogens is 3. The van der Waals surface area contributed by atoms with Crippen molar-refractivity contribution in [3.63, 3.8) is 0 Å². The third-order valence-electron chi connectivity index (χ3n) is 0.189. The predicted octanol–water partition coefficient (Wildman–Crippen LogP) is 0.655. The van der Waals surface area contributed by atoms with Crippen LogP contribution in [0, 0.1) is 0 Å².